The quantitative estimate of drug-likeness (QED) is 0.652. The molecule has 2 amide bonds. The van der Waals surface area contributed by atoms with Gasteiger partial charge in [0.1, 0.15) is 5.75 Å². The summed E-state index contributed by atoms with van der Waals surface area (Å²) < 4.78 is 6.05. The van der Waals surface area contributed by atoms with Gasteiger partial charge in [0.2, 0.25) is 5.91 Å². The fourth-order valence-electron chi connectivity index (χ4n) is 2.63. The standard InChI is InChI=1S/C20H21ClN2O3S2/c1-13(24)22-15-5-8-18(17(21)11-15)23-19(25)12-26-16-6-3-14(4-7-16)20-27-9-2-10-28-20/h3-8,11,20H,2,9-10,12H2,1H3,(H,22,24)(H,23,25). The lowest BCUT2D eigenvalue weighted by Crippen LogP contribution is -2.20. The zero-order chi connectivity index (χ0) is 19.9. The van der Waals surface area contributed by atoms with E-state index >= 15 is 0 Å². The number of ether oxygens (including phenoxy) is 1. The zero-order valence-electron chi connectivity index (χ0n) is 15.4. The molecule has 0 aliphatic carbocycles. The number of nitrogens with one attached hydrogen (secondary N) is 2. The molecule has 0 atom stereocenters. The van der Waals surface area contributed by atoms with E-state index < -0.39 is 0 Å². The second-order valence-electron chi connectivity index (χ2n) is 6.21. The SMILES string of the molecule is CC(=O)Nc1ccc(NC(=O)COc2ccc(C3SCCCS3)cc2)c(Cl)c1. The van der Waals surface area contributed by atoms with E-state index in [0.717, 1.165) is 0 Å². The fraction of sp³-hybridized carbons (Fsp3) is 0.300. The Hall–Kier alpha value is -1.83. The largest absolute Gasteiger partial charge is 0.484 e. The topological polar surface area (TPSA) is 67.4 Å². The Balaban J connectivity index is 1.50. The number of hydrogen-bond acceptors (Lipinski definition) is 5. The fourth-order valence-corrected chi connectivity index (χ4v) is 5.76. The van der Waals surface area contributed by atoms with Crippen molar-refractivity contribution in [2.75, 3.05) is 28.7 Å². The van der Waals surface area contributed by atoms with Crippen LogP contribution in [0.1, 0.15) is 23.5 Å². The molecule has 3 rings (SSSR count). The summed E-state index contributed by atoms with van der Waals surface area (Å²) in [5.74, 6) is 2.55. The average molecular weight is 437 g/mol. The summed E-state index contributed by atoms with van der Waals surface area (Å²) in [5, 5.41) is 5.69. The van der Waals surface area contributed by atoms with Gasteiger partial charge in [-0.25, -0.2) is 0 Å². The number of carbonyl (C=O) groups is 2. The van der Waals surface area contributed by atoms with Gasteiger partial charge in [-0.15, -0.1) is 23.5 Å². The first-order valence-corrected chi connectivity index (χ1v) is 11.3. The summed E-state index contributed by atoms with van der Waals surface area (Å²) in [6, 6.07) is 12.8. The molecule has 148 valence electrons. The maximum absolute atomic E-state index is 12.1. The van der Waals surface area contributed by atoms with Crippen LogP contribution in [0.4, 0.5) is 11.4 Å². The summed E-state index contributed by atoms with van der Waals surface area (Å²) in [7, 11) is 0. The summed E-state index contributed by atoms with van der Waals surface area (Å²) >= 11 is 10.1. The highest BCUT2D eigenvalue weighted by atomic mass is 35.5. The molecule has 1 aliphatic heterocycles. The third-order valence-electron chi connectivity index (χ3n) is 3.91. The molecule has 0 unspecified atom stereocenters. The highest BCUT2D eigenvalue weighted by Gasteiger charge is 2.16. The van der Waals surface area contributed by atoms with Crippen LogP contribution in [0.25, 0.3) is 0 Å². The molecule has 0 bridgehead atoms. The zero-order valence-corrected chi connectivity index (χ0v) is 17.8. The lowest BCUT2D eigenvalue weighted by molar-refractivity contribution is -0.118. The summed E-state index contributed by atoms with van der Waals surface area (Å²) in [4.78, 5) is 23.2. The third kappa shape index (κ3) is 6.09. The van der Waals surface area contributed by atoms with E-state index in [9.17, 15) is 9.59 Å². The van der Waals surface area contributed by atoms with Gasteiger partial charge in [0, 0.05) is 12.6 Å². The van der Waals surface area contributed by atoms with Crippen LogP contribution in [-0.2, 0) is 9.59 Å². The minimum Gasteiger partial charge on any atom is -0.484 e. The van der Waals surface area contributed by atoms with Gasteiger partial charge in [0.05, 0.1) is 15.3 Å². The van der Waals surface area contributed by atoms with Crippen LogP contribution in [0.15, 0.2) is 42.5 Å². The molecule has 1 fully saturated rings. The molecule has 5 nitrogen and oxygen atoms in total. The minimum atomic E-state index is -0.309. The van der Waals surface area contributed by atoms with E-state index in [1.54, 1.807) is 18.2 Å². The molecular formula is C20H21ClN2O3S2. The summed E-state index contributed by atoms with van der Waals surface area (Å²) in [5.41, 5.74) is 2.31. The third-order valence-corrected chi connectivity index (χ3v) is 7.24. The summed E-state index contributed by atoms with van der Waals surface area (Å²) in [6.07, 6.45) is 1.27. The maximum atomic E-state index is 12.1. The molecule has 28 heavy (non-hydrogen) atoms. The van der Waals surface area contributed by atoms with Crippen LogP contribution in [0, 0.1) is 0 Å². The van der Waals surface area contributed by atoms with E-state index in [-0.39, 0.29) is 18.4 Å². The predicted octanol–water partition coefficient (Wildman–Crippen LogP) is 5.18. The molecular weight excluding hydrogens is 416 g/mol. The van der Waals surface area contributed by atoms with E-state index in [1.807, 2.05) is 35.7 Å². The molecule has 1 aliphatic rings. The number of benzene rings is 2. The predicted molar refractivity (Wildman–Crippen MR) is 119 cm³/mol. The lowest BCUT2D eigenvalue weighted by Gasteiger charge is -2.21. The molecule has 2 N–H and O–H groups in total. The van der Waals surface area contributed by atoms with Crippen molar-refractivity contribution < 1.29 is 14.3 Å². The van der Waals surface area contributed by atoms with Crippen LogP contribution in [-0.4, -0.2) is 29.9 Å². The van der Waals surface area contributed by atoms with Crippen molar-refractivity contribution in [2.45, 2.75) is 17.9 Å². The van der Waals surface area contributed by atoms with E-state index in [0.29, 0.717) is 26.7 Å². The van der Waals surface area contributed by atoms with E-state index in [4.69, 9.17) is 16.3 Å². The van der Waals surface area contributed by atoms with Gasteiger partial charge in [-0.3, -0.25) is 9.59 Å². The monoisotopic (exact) mass is 436 g/mol. The van der Waals surface area contributed by atoms with Crippen LogP contribution in [0.5, 0.6) is 5.75 Å². The van der Waals surface area contributed by atoms with E-state index in [2.05, 4.69) is 22.8 Å². The van der Waals surface area contributed by atoms with Crippen molar-refractivity contribution in [2.24, 2.45) is 0 Å². The molecule has 0 saturated carbocycles. The van der Waals surface area contributed by atoms with Crippen molar-refractivity contribution in [1.29, 1.82) is 0 Å². The number of halogens is 1. The molecule has 0 aromatic heterocycles. The highest BCUT2D eigenvalue weighted by molar-refractivity contribution is 8.16. The summed E-state index contributed by atoms with van der Waals surface area (Å²) in [6.45, 7) is 1.30. The first kappa shape index (κ1) is 20.9. The molecule has 0 radical (unpaired) electrons. The molecule has 0 spiro atoms. The van der Waals surface area contributed by atoms with Gasteiger partial charge in [-0.2, -0.15) is 0 Å². The maximum Gasteiger partial charge on any atom is 0.262 e. The molecule has 1 saturated heterocycles. The van der Waals surface area contributed by atoms with Crippen LogP contribution in [0.2, 0.25) is 5.02 Å². The number of rotatable bonds is 6. The number of hydrogen-bond donors (Lipinski definition) is 2. The van der Waals surface area contributed by atoms with Crippen LogP contribution in [0.3, 0.4) is 0 Å². The second-order valence-corrected chi connectivity index (χ2v) is 9.34. The Labute approximate surface area is 177 Å². The van der Waals surface area contributed by atoms with Gasteiger partial charge in [0.15, 0.2) is 6.61 Å². The van der Waals surface area contributed by atoms with Crippen molar-refractivity contribution in [1.82, 2.24) is 0 Å². The first-order chi connectivity index (χ1) is 13.5. The number of carbonyl (C=O) groups excluding carboxylic acids is 2. The van der Waals surface area contributed by atoms with Gasteiger partial charge >= 0.3 is 0 Å². The Morgan fingerprint density at radius 1 is 1.11 bits per heavy atom. The van der Waals surface area contributed by atoms with Crippen molar-refractivity contribution in [3.63, 3.8) is 0 Å². The van der Waals surface area contributed by atoms with Gasteiger partial charge in [-0.1, -0.05) is 23.7 Å². The molecule has 2 aromatic carbocycles. The van der Waals surface area contributed by atoms with Crippen molar-refractivity contribution in [3.05, 3.63) is 53.1 Å². The normalized spacial score (nSPS) is 14.4. The average Bonchev–Trinajstić information content (AvgIpc) is 2.69. The van der Waals surface area contributed by atoms with E-state index in [1.165, 1.54) is 30.4 Å². The Kier molecular flexibility index (Phi) is 7.53. The minimum absolute atomic E-state index is 0.115. The van der Waals surface area contributed by atoms with Crippen LogP contribution < -0.4 is 15.4 Å². The number of thioether (sulfide) groups is 2. The first-order valence-electron chi connectivity index (χ1n) is 8.84. The number of amides is 2. The molecule has 1 heterocycles. The second kappa shape index (κ2) is 10.1. The Bertz CT molecular complexity index is 840. The van der Waals surface area contributed by atoms with Gasteiger partial charge in [-0.05, 0) is 53.8 Å². The smallest absolute Gasteiger partial charge is 0.262 e. The Morgan fingerprint density at radius 3 is 2.46 bits per heavy atom. The van der Waals surface area contributed by atoms with Gasteiger partial charge in [0.25, 0.3) is 5.91 Å². The van der Waals surface area contributed by atoms with Crippen molar-refractivity contribution >= 4 is 58.3 Å². The van der Waals surface area contributed by atoms with Crippen molar-refractivity contribution in [3.8, 4) is 5.75 Å². The lowest BCUT2D eigenvalue weighted by atomic mass is 10.2. The number of anilines is 2. The van der Waals surface area contributed by atoms with Gasteiger partial charge < -0.3 is 15.4 Å². The van der Waals surface area contributed by atoms with Crippen LogP contribution >= 0.6 is 35.1 Å². The highest BCUT2D eigenvalue weighted by Crippen LogP contribution is 2.43. The molecule has 8 heteroatoms. The molecule has 2 aromatic rings. The Morgan fingerprint density at radius 2 is 1.82 bits per heavy atom.